The van der Waals surface area contributed by atoms with Gasteiger partial charge in [0.15, 0.2) is 5.65 Å². The number of hydrogen-bond acceptors (Lipinski definition) is 4. The lowest BCUT2D eigenvalue weighted by Gasteiger charge is -2.25. The van der Waals surface area contributed by atoms with Crippen LogP contribution in [-0.4, -0.2) is 37.1 Å². The van der Waals surface area contributed by atoms with Crippen LogP contribution in [0.2, 0.25) is 0 Å². The minimum absolute atomic E-state index is 0.0368. The fourth-order valence-electron chi connectivity index (χ4n) is 2.37. The van der Waals surface area contributed by atoms with Crippen molar-refractivity contribution in [2.45, 2.75) is 45.6 Å². The van der Waals surface area contributed by atoms with Gasteiger partial charge in [0.2, 0.25) is 5.91 Å². The normalized spacial score (nSPS) is 11.6. The average Bonchev–Trinajstić information content (AvgIpc) is 2.89. The van der Waals surface area contributed by atoms with Crippen LogP contribution in [0.25, 0.3) is 5.65 Å². The number of aryl methyl sites for hydroxylation is 1. The molecule has 0 saturated heterocycles. The summed E-state index contributed by atoms with van der Waals surface area (Å²) in [4.78, 5) is 39.5. The van der Waals surface area contributed by atoms with Gasteiger partial charge in [0.25, 0.3) is 5.56 Å². The van der Waals surface area contributed by atoms with Gasteiger partial charge in [-0.05, 0) is 27.2 Å². The smallest absolute Gasteiger partial charge is 0.303 e. The topological polar surface area (TPSA) is 117 Å². The highest BCUT2D eigenvalue weighted by Crippen LogP contribution is 2.12. The molecule has 2 aromatic rings. The van der Waals surface area contributed by atoms with Crippen molar-refractivity contribution >= 4 is 17.5 Å². The Bertz CT molecular complexity index is 803. The van der Waals surface area contributed by atoms with Gasteiger partial charge in [-0.3, -0.25) is 19.5 Å². The first-order valence-corrected chi connectivity index (χ1v) is 7.28. The van der Waals surface area contributed by atoms with E-state index < -0.39 is 11.5 Å². The van der Waals surface area contributed by atoms with Gasteiger partial charge in [0.05, 0.1) is 6.42 Å². The van der Waals surface area contributed by atoms with Crippen molar-refractivity contribution in [3.05, 3.63) is 33.9 Å². The summed E-state index contributed by atoms with van der Waals surface area (Å²) in [5, 5.41) is 14.3. The molecule has 0 unspecified atom stereocenters. The van der Waals surface area contributed by atoms with Crippen molar-refractivity contribution in [2.24, 2.45) is 0 Å². The largest absolute Gasteiger partial charge is 0.481 e. The highest BCUT2D eigenvalue weighted by molar-refractivity contribution is 5.79. The van der Waals surface area contributed by atoms with Gasteiger partial charge in [-0.15, -0.1) is 0 Å². The molecular formula is C15H20N4O4. The minimum atomic E-state index is -0.914. The van der Waals surface area contributed by atoms with Gasteiger partial charge in [-0.25, -0.2) is 9.50 Å². The molecule has 2 aromatic heterocycles. The second-order valence-electron chi connectivity index (χ2n) is 6.14. The van der Waals surface area contributed by atoms with E-state index in [-0.39, 0.29) is 24.3 Å². The summed E-state index contributed by atoms with van der Waals surface area (Å²) in [6.45, 7) is 5.19. The zero-order chi connectivity index (χ0) is 17.2. The standard InChI is InChI=1S/C15H20N4O4/c1-9-10(14(23)19-11(17-9)5-7-16-19)8-12(20)18-15(2,3)6-4-13(21)22/h5,7,16H,4,6,8H2,1-3H3,(H,18,20)(H,21,22). The Morgan fingerprint density at radius 2 is 2.13 bits per heavy atom. The average molecular weight is 320 g/mol. The SMILES string of the molecule is Cc1nc2cc[nH]n2c(=O)c1CC(=O)NC(C)(C)CCC(=O)O. The number of aromatic amines is 1. The molecule has 0 aromatic carbocycles. The lowest BCUT2D eigenvalue weighted by Crippen LogP contribution is -2.45. The molecular weight excluding hydrogens is 300 g/mol. The lowest BCUT2D eigenvalue weighted by atomic mass is 9.98. The van der Waals surface area contributed by atoms with Gasteiger partial charge < -0.3 is 10.4 Å². The van der Waals surface area contributed by atoms with Crippen LogP contribution in [0.3, 0.4) is 0 Å². The van der Waals surface area contributed by atoms with Crippen LogP contribution in [-0.2, 0) is 16.0 Å². The number of carboxylic acids is 1. The molecule has 23 heavy (non-hydrogen) atoms. The van der Waals surface area contributed by atoms with E-state index in [4.69, 9.17) is 5.11 Å². The van der Waals surface area contributed by atoms with E-state index >= 15 is 0 Å². The van der Waals surface area contributed by atoms with E-state index in [1.807, 2.05) is 0 Å². The molecule has 0 aliphatic carbocycles. The minimum Gasteiger partial charge on any atom is -0.481 e. The molecule has 0 radical (unpaired) electrons. The van der Waals surface area contributed by atoms with Gasteiger partial charge in [0, 0.05) is 35.5 Å². The van der Waals surface area contributed by atoms with Crippen molar-refractivity contribution in [2.75, 3.05) is 0 Å². The van der Waals surface area contributed by atoms with Gasteiger partial charge >= 0.3 is 5.97 Å². The maximum atomic E-state index is 12.4. The summed E-state index contributed by atoms with van der Waals surface area (Å²) in [6, 6.07) is 1.67. The van der Waals surface area contributed by atoms with Crippen molar-refractivity contribution in [1.29, 1.82) is 0 Å². The van der Waals surface area contributed by atoms with E-state index in [0.717, 1.165) is 0 Å². The predicted octanol–water partition coefficient (Wildman–Crippen LogP) is 0.633. The van der Waals surface area contributed by atoms with Gasteiger partial charge in [0.1, 0.15) is 0 Å². The van der Waals surface area contributed by atoms with Crippen LogP contribution in [0.4, 0.5) is 0 Å². The molecule has 124 valence electrons. The van der Waals surface area contributed by atoms with E-state index in [9.17, 15) is 14.4 Å². The van der Waals surface area contributed by atoms with Crippen LogP contribution >= 0.6 is 0 Å². The molecule has 2 heterocycles. The molecule has 3 N–H and O–H groups in total. The monoisotopic (exact) mass is 320 g/mol. The van der Waals surface area contributed by atoms with Gasteiger partial charge in [-0.2, -0.15) is 0 Å². The zero-order valence-corrected chi connectivity index (χ0v) is 13.3. The Labute approximate surface area is 132 Å². The number of amides is 1. The number of carbonyl (C=O) groups is 2. The van der Waals surface area contributed by atoms with Crippen LogP contribution in [0.1, 0.15) is 37.9 Å². The Balaban J connectivity index is 2.14. The maximum absolute atomic E-state index is 12.4. The molecule has 1 amide bonds. The Morgan fingerprint density at radius 1 is 1.43 bits per heavy atom. The number of nitrogens with zero attached hydrogens (tertiary/aromatic N) is 2. The van der Waals surface area contributed by atoms with Crippen molar-refractivity contribution < 1.29 is 14.7 Å². The second-order valence-corrected chi connectivity index (χ2v) is 6.14. The van der Waals surface area contributed by atoms with Crippen molar-refractivity contribution in [3.8, 4) is 0 Å². The number of aliphatic carboxylic acids is 1. The van der Waals surface area contributed by atoms with Crippen molar-refractivity contribution in [1.82, 2.24) is 19.9 Å². The third kappa shape index (κ3) is 3.97. The number of carbonyl (C=O) groups excluding carboxylic acids is 1. The van der Waals surface area contributed by atoms with Crippen molar-refractivity contribution in [3.63, 3.8) is 0 Å². The first-order valence-electron chi connectivity index (χ1n) is 7.28. The fourth-order valence-corrected chi connectivity index (χ4v) is 2.37. The van der Waals surface area contributed by atoms with E-state index in [2.05, 4.69) is 15.4 Å². The molecule has 0 fully saturated rings. The van der Waals surface area contributed by atoms with E-state index in [1.54, 1.807) is 33.0 Å². The number of nitrogens with one attached hydrogen (secondary N) is 2. The zero-order valence-electron chi connectivity index (χ0n) is 13.3. The highest BCUT2D eigenvalue weighted by atomic mass is 16.4. The first kappa shape index (κ1) is 16.7. The number of rotatable bonds is 6. The third-order valence-electron chi connectivity index (χ3n) is 3.62. The summed E-state index contributed by atoms with van der Waals surface area (Å²) in [6.07, 6.45) is 1.77. The van der Waals surface area contributed by atoms with Crippen LogP contribution in [0.5, 0.6) is 0 Å². The van der Waals surface area contributed by atoms with Crippen LogP contribution < -0.4 is 10.9 Å². The number of hydrogen-bond donors (Lipinski definition) is 3. The molecule has 0 atom stereocenters. The maximum Gasteiger partial charge on any atom is 0.303 e. The lowest BCUT2D eigenvalue weighted by molar-refractivity contribution is -0.137. The summed E-state index contributed by atoms with van der Waals surface area (Å²) in [5.74, 6) is -1.25. The van der Waals surface area contributed by atoms with E-state index in [1.165, 1.54) is 4.52 Å². The Hall–Kier alpha value is -2.64. The molecule has 0 saturated carbocycles. The molecule has 8 heteroatoms. The first-order chi connectivity index (χ1) is 10.7. The number of H-pyrrole nitrogens is 1. The predicted molar refractivity (Wildman–Crippen MR) is 83.3 cm³/mol. The van der Waals surface area contributed by atoms with Crippen LogP contribution in [0.15, 0.2) is 17.1 Å². The Morgan fingerprint density at radius 3 is 2.78 bits per heavy atom. The number of aromatic nitrogens is 3. The molecule has 0 aliphatic heterocycles. The molecule has 2 rings (SSSR count). The third-order valence-corrected chi connectivity index (χ3v) is 3.62. The fraction of sp³-hybridized carbons (Fsp3) is 0.467. The number of carboxylic acid groups (broad SMARTS) is 1. The number of fused-ring (bicyclic) bond motifs is 1. The molecule has 0 bridgehead atoms. The van der Waals surface area contributed by atoms with Gasteiger partial charge in [-0.1, -0.05) is 0 Å². The quantitative estimate of drug-likeness (QED) is 0.722. The molecule has 0 spiro atoms. The summed E-state index contributed by atoms with van der Waals surface area (Å²) < 4.78 is 1.28. The molecule has 0 aliphatic rings. The van der Waals surface area contributed by atoms with Crippen LogP contribution in [0, 0.1) is 6.92 Å². The van der Waals surface area contributed by atoms with E-state index in [0.29, 0.717) is 23.3 Å². The molecule has 8 nitrogen and oxygen atoms in total. The summed E-state index contributed by atoms with van der Waals surface area (Å²) in [5.41, 5.74) is 0.350. The second kappa shape index (κ2) is 6.23. The highest BCUT2D eigenvalue weighted by Gasteiger charge is 2.23. The Kier molecular flexibility index (Phi) is 4.53. The summed E-state index contributed by atoms with van der Waals surface area (Å²) >= 11 is 0. The summed E-state index contributed by atoms with van der Waals surface area (Å²) in [7, 11) is 0.